The summed E-state index contributed by atoms with van der Waals surface area (Å²) in [4.78, 5) is 41.8. The molecule has 9 rings (SSSR count). The van der Waals surface area contributed by atoms with Crippen molar-refractivity contribution in [2.45, 2.75) is 38.0 Å². The number of hydrogen-bond acceptors (Lipinski definition) is 5. The molecule has 11 atom stereocenters. The van der Waals surface area contributed by atoms with Crippen molar-refractivity contribution in [2.75, 3.05) is 6.54 Å². The highest BCUT2D eigenvalue weighted by atomic mass is 16.5. The normalized spacial score (nSPS) is 53.3. The van der Waals surface area contributed by atoms with Gasteiger partial charge in [0.25, 0.3) is 0 Å². The summed E-state index contributed by atoms with van der Waals surface area (Å²) in [6, 6.07) is 9.26. The standard InChI is InChI=1S/C25H25NO5/c27-16(31-10-11-4-2-1-3-5-11)9-26-15-7-6-14(23(26)30)24-19-12-8-13-18(17(12)21(24)28)22(29)25(15,24)20(13)19/h1-5,12-15,17-21,28H,6-10H2. The zero-order valence-electron chi connectivity index (χ0n) is 17.1. The number of piperidine rings is 2. The van der Waals surface area contributed by atoms with E-state index in [4.69, 9.17) is 4.74 Å². The highest BCUT2D eigenvalue weighted by Gasteiger charge is 3.00. The molecule has 2 heterocycles. The molecule has 6 aliphatic carbocycles. The Labute approximate surface area is 179 Å². The van der Waals surface area contributed by atoms with Crippen LogP contribution in [0.1, 0.15) is 24.8 Å². The van der Waals surface area contributed by atoms with Crippen LogP contribution in [0.15, 0.2) is 30.3 Å². The predicted octanol–water partition coefficient (Wildman–Crippen LogP) is 1.41. The zero-order valence-corrected chi connectivity index (χ0v) is 17.1. The summed E-state index contributed by atoms with van der Waals surface area (Å²) in [7, 11) is 0. The number of rotatable bonds is 4. The van der Waals surface area contributed by atoms with E-state index in [0.29, 0.717) is 29.5 Å². The number of hydrogen-bond donors (Lipinski definition) is 1. The number of benzene rings is 1. The molecule has 2 saturated heterocycles. The fraction of sp³-hybridized carbons (Fsp3) is 0.640. The molecule has 4 bridgehead atoms. The van der Waals surface area contributed by atoms with Gasteiger partial charge in [0.15, 0.2) is 0 Å². The fourth-order valence-electron chi connectivity index (χ4n) is 10.8. The lowest BCUT2D eigenvalue weighted by Crippen LogP contribution is -2.85. The third-order valence-electron chi connectivity index (χ3n) is 10.9. The topological polar surface area (TPSA) is 83.9 Å². The van der Waals surface area contributed by atoms with Crippen LogP contribution < -0.4 is 0 Å². The van der Waals surface area contributed by atoms with Crippen LogP contribution in [0.2, 0.25) is 0 Å². The number of fused-ring (bicyclic) bond motifs is 3. The molecule has 31 heavy (non-hydrogen) atoms. The molecule has 11 unspecified atom stereocenters. The van der Waals surface area contributed by atoms with Crippen LogP contribution in [0, 0.1) is 52.3 Å². The SMILES string of the molecule is O=C(CN1C(=O)C2CCC1C13C(=O)C4C5CC6C4C(O)C21C6C53)OCc1ccccc1. The maximum absolute atomic E-state index is 13.9. The molecule has 8 fully saturated rings. The number of aliphatic hydroxyl groups is 1. The molecule has 1 aromatic carbocycles. The Morgan fingerprint density at radius 2 is 1.94 bits per heavy atom. The van der Waals surface area contributed by atoms with E-state index in [0.717, 1.165) is 24.8 Å². The maximum atomic E-state index is 13.9. The average Bonchev–Trinajstić information content (AvgIpc) is 3.33. The molecular formula is C25H25NO5. The van der Waals surface area contributed by atoms with Crippen molar-refractivity contribution >= 4 is 17.7 Å². The summed E-state index contributed by atoms with van der Waals surface area (Å²) in [5, 5.41) is 11.5. The van der Waals surface area contributed by atoms with Crippen LogP contribution in [0.4, 0.5) is 0 Å². The molecule has 1 N–H and O–H groups in total. The van der Waals surface area contributed by atoms with Gasteiger partial charge in [0.1, 0.15) is 18.9 Å². The minimum absolute atomic E-state index is 0.00166. The lowest BCUT2D eigenvalue weighted by Gasteiger charge is -2.76. The van der Waals surface area contributed by atoms with Gasteiger partial charge in [-0.1, -0.05) is 30.3 Å². The first-order chi connectivity index (χ1) is 15.0. The van der Waals surface area contributed by atoms with Gasteiger partial charge in [0.05, 0.1) is 11.5 Å². The highest BCUT2D eigenvalue weighted by Crippen LogP contribution is 2.95. The largest absolute Gasteiger partial charge is 0.459 e. The van der Waals surface area contributed by atoms with Crippen LogP contribution in [0.25, 0.3) is 0 Å². The summed E-state index contributed by atoms with van der Waals surface area (Å²) in [6.07, 6.45) is 2.05. The first-order valence-corrected chi connectivity index (χ1v) is 11.8. The zero-order chi connectivity index (χ0) is 20.9. The molecule has 6 nitrogen and oxygen atoms in total. The molecule has 0 aromatic heterocycles. The van der Waals surface area contributed by atoms with Gasteiger partial charge in [-0.3, -0.25) is 14.4 Å². The van der Waals surface area contributed by atoms with Gasteiger partial charge in [-0.25, -0.2) is 0 Å². The van der Waals surface area contributed by atoms with Crippen molar-refractivity contribution in [3.8, 4) is 0 Å². The van der Waals surface area contributed by atoms with Gasteiger partial charge in [-0.15, -0.1) is 0 Å². The smallest absolute Gasteiger partial charge is 0.325 e. The first-order valence-electron chi connectivity index (χ1n) is 11.8. The van der Waals surface area contributed by atoms with Gasteiger partial charge in [-0.2, -0.15) is 0 Å². The van der Waals surface area contributed by atoms with Crippen molar-refractivity contribution < 1.29 is 24.2 Å². The van der Waals surface area contributed by atoms with E-state index in [-0.39, 0.29) is 42.9 Å². The van der Waals surface area contributed by atoms with Crippen molar-refractivity contribution in [2.24, 2.45) is 52.3 Å². The van der Waals surface area contributed by atoms with E-state index in [1.165, 1.54) is 0 Å². The summed E-state index contributed by atoms with van der Waals surface area (Å²) in [5.41, 5.74) is -0.217. The lowest BCUT2D eigenvalue weighted by molar-refractivity contribution is -0.298. The van der Waals surface area contributed by atoms with Gasteiger partial charge in [0.2, 0.25) is 5.91 Å². The van der Waals surface area contributed by atoms with Gasteiger partial charge in [0, 0.05) is 23.3 Å². The van der Waals surface area contributed by atoms with E-state index < -0.39 is 22.9 Å². The van der Waals surface area contributed by atoms with Gasteiger partial charge < -0.3 is 14.7 Å². The minimum Gasteiger partial charge on any atom is -0.459 e. The Morgan fingerprint density at radius 1 is 1.13 bits per heavy atom. The molecular weight excluding hydrogens is 394 g/mol. The predicted molar refractivity (Wildman–Crippen MR) is 106 cm³/mol. The van der Waals surface area contributed by atoms with Crippen LogP contribution in [0.5, 0.6) is 0 Å². The number of Topliss-reactive ketones (excluding diaryl/α,β-unsaturated/α-hetero) is 1. The van der Waals surface area contributed by atoms with Gasteiger partial charge >= 0.3 is 5.97 Å². The van der Waals surface area contributed by atoms with Gasteiger partial charge in [-0.05, 0) is 54.4 Å². The Hall–Kier alpha value is -2.21. The summed E-state index contributed by atoms with van der Waals surface area (Å²) < 4.78 is 5.48. The van der Waals surface area contributed by atoms with Crippen LogP contribution in [-0.2, 0) is 25.7 Å². The average molecular weight is 419 g/mol. The minimum atomic E-state index is -0.593. The van der Waals surface area contributed by atoms with E-state index in [2.05, 4.69) is 0 Å². The molecule has 2 spiro atoms. The number of esters is 1. The number of aliphatic hydroxyl groups excluding tert-OH is 1. The highest BCUT2D eigenvalue weighted by molar-refractivity contribution is 6.01. The van der Waals surface area contributed by atoms with Crippen molar-refractivity contribution in [3.05, 3.63) is 35.9 Å². The Balaban J connectivity index is 1.14. The third kappa shape index (κ3) is 1.45. The molecule has 6 heteroatoms. The number of ketones is 1. The van der Waals surface area contributed by atoms with Crippen LogP contribution >= 0.6 is 0 Å². The lowest BCUT2D eigenvalue weighted by atomic mass is 9.29. The second kappa shape index (κ2) is 5.06. The summed E-state index contributed by atoms with van der Waals surface area (Å²) >= 11 is 0. The summed E-state index contributed by atoms with van der Waals surface area (Å²) in [5.74, 6) is 1.17. The number of carbonyl (C=O) groups is 3. The molecule has 160 valence electrons. The van der Waals surface area contributed by atoms with Crippen molar-refractivity contribution in [1.82, 2.24) is 4.90 Å². The molecule has 1 aromatic rings. The Bertz CT molecular complexity index is 1070. The number of ether oxygens (including phenoxy) is 1. The van der Waals surface area contributed by atoms with Crippen LogP contribution in [-0.4, -0.2) is 46.4 Å². The number of amides is 1. The molecule has 8 aliphatic rings. The quantitative estimate of drug-likeness (QED) is 0.746. The van der Waals surface area contributed by atoms with E-state index in [1.807, 2.05) is 30.3 Å². The first kappa shape index (κ1) is 17.4. The van der Waals surface area contributed by atoms with E-state index in [9.17, 15) is 19.5 Å². The third-order valence-corrected chi connectivity index (χ3v) is 10.9. The summed E-state index contributed by atoms with van der Waals surface area (Å²) in [6.45, 7) is 0.0916. The molecule has 6 saturated carbocycles. The second-order valence-electron chi connectivity index (χ2n) is 11.1. The van der Waals surface area contributed by atoms with E-state index >= 15 is 0 Å². The fourth-order valence-corrected chi connectivity index (χ4v) is 10.8. The Morgan fingerprint density at radius 3 is 2.74 bits per heavy atom. The molecule has 2 aliphatic heterocycles. The molecule has 1 amide bonds. The monoisotopic (exact) mass is 419 g/mol. The maximum Gasteiger partial charge on any atom is 0.325 e. The second-order valence-corrected chi connectivity index (χ2v) is 11.1. The molecule has 0 radical (unpaired) electrons. The van der Waals surface area contributed by atoms with Crippen molar-refractivity contribution in [1.29, 1.82) is 0 Å². The van der Waals surface area contributed by atoms with Crippen LogP contribution in [0.3, 0.4) is 0 Å². The van der Waals surface area contributed by atoms with E-state index in [1.54, 1.807) is 4.90 Å². The van der Waals surface area contributed by atoms with Crippen molar-refractivity contribution in [3.63, 3.8) is 0 Å². The number of carbonyl (C=O) groups excluding carboxylic acids is 3. The number of nitrogens with zero attached hydrogens (tertiary/aromatic N) is 1. The Kier molecular flexibility index (Phi) is 2.83.